The lowest BCUT2D eigenvalue weighted by atomic mass is 10.1. The summed E-state index contributed by atoms with van der Waals surface area (Å²) < 4.78 is 5.24. The number of nitriles is 1. The first kappa shape index (κ1) is 14.5. The molecule has 0 aliphatic heterocycles. The van der Waals surface area contributed by atoms with Gasteiger partial charge in [-0.05, 0) is 37.6 Å². The van der Waals surface area contributed by atoms with E-state index >= 15 is 0 Å². The predicted octanol–water partition coefficient (Wildman–Crippen LogP) is 3.19. The molecule has 0 heterocycles. The van der Waals surface area contributed by atoms with Gasteiger partial charge in [-0.25, -0.2) is 0 Å². The first-order chi connectivity index (χ1) is 8.65. The first-order valence-corrected chi connectivity index (χ1v) is 6.47. The van der Waals surface area contributed by atoms with Gasteiger partial charge in [0.2, 0.25) is 0 Å². The summed E-state index contributed by atoms with van der Waals surface area (Å²) in [6.07, 6.45) is 1.14. The van der Waals surface area contributed by atoms with Crippen LogP contribution in [-0.2, 0) is 6.54 Å². The van der Waals surface area contributed by atoms with E-state index in [0.717, 1.165) is 19.5 Å². The van der Waals surface area contributed by atoms with Crippen molar-refractivity contribution in [3.8, 4) is 11.8 Å². The minimum Gasteiger partial charge on any atom is -0.495 e. The lowest BCUT2D eigenvalue weighted by Crippen LogP contribution is -2.31. The zero-order chi connectivity index (χ0) is 13.5. The second-order valence-electron chi connectivity index (χ2n) is 4.47. The summed E-state index contributed by atoms with van der Waals surface area (Å²) in [4.78, 5) is 2.42. The number of ether oxygens (including phenoxy) is 1. The molecule has 1 aromatic rings. The molecule has 0 saturated carbocycles. The Balaban J connectivity index is 2.88. The standard InChI is InChI=1S/C15H22N2O/c1-5-12(3)17(6-2)11-13-7-8-14(10-16)15(9-13)18-4/h7-9,12H,5-6,11H2,1-4H3. The number of hydrogen-bond donors (Lipinski definition) is 0. The summed E-state index contributed by atoms with van der Waals surface area (Å²) in [7, 11) is 1.60. The zero-order valence-corrected chi connectivity index (χ0v) is 11.7. The Morgan fingerprint density at radius 3 is 2.61 bits per heavy atom. The monoisotopic (exact) mass is 246 g/mol. The number of benzene rings is 1. The predicted molar refractivity (Wildman–Crippen MR) is 73.5 cm³/mol. The molecular weight excluding hydrogens is 224 g/mol. The third-order valence-electron chi connectivity index (χ3n) is 3.39. The zero-order valence-electron chi connectivity index (χ0n) is 11.7. The second-order valence-corrected chi connectivity index (χ2v) is 4.47. The van der Waals surface area contributed by atoms with E-state index in [0.29, 0.717) is 17.4 Å². The van der Waals surface area contributed by atoms with Crippen molar-refractivity contribution in [1.82, 2.24) is 4.90 Å². The van der Waals surface area contributed by atoms with Crippen molar-refractivity contribution in [2.75, 3.05) is 13.7 Å². The first-order valence-electron chi connectivity index (χ1n) is 6.47. The van der Waals surface area contributed by atoms with Gasteiger partial charge < -0.3 is 4.74 Å². The van der Waals surface area contributed by atoms with E-state index in [4.69, 9.17) is 10.00 Å². The average Bonchev–Trinajstić information content (AvgIpc) is 2.43. The Morgan fingerprint density at radius 2 is 2.11 bits per heavy atom. The minimum absolute atomic E-state index is 0.566. The largest absolute Gasteiger partial charge is 0.495 e. The maximum atomic E-state index is 8.95. The van der Waals surface area contributed by atoms with Crippen LogP contribution in [0.5, 0.6) is 5.75 Å². The van der Waals surface area contributed by atoms with Gasteiger partial charge >= 0.3 is 0 Å². The van der Waals surface area contributed by atoms with Gasteiger partial charge in [-0.15, -0.1) is 0 Å². The molecule has 3 heteroatoms. The summed E-state index contributed by atoms with van der Waals surface area (Å²) in [5, 5.41) is 8.95. The molecule has 0 aliphatic rings. The fourth-order valence-electron chi connectivity index (χ4n) is 2.00. The van der Waals surface area contributed by atoms with Gasteiger partial charge in [0.1, 0.15) is 11.8 Å². The third kappa shape index (κ3) is 3.48. The summed E-state index contributed by atoms with van der Waals surface area (Å²) in [5.41, 5.74) is 1.78. The Bertz CT molecular complexity index is 423. The van der Waals surface area contributed by atoms with E-state index in [1.54, 1.807) is 7.11 Å². The Hall–Kier alpha value is -1.53. The molecule has 18 heavy (non-hydrogen) atoms. The highest BCUT2D eigenvalue weighted by molar-refractivity contribution is 5.45. The van der Waals surface area contributed by atoms with Crippen LogP contribution < -0.4 is 4.74 Å². The molecule has 0 amide bonds. The molecule has 0 saturated heterocycles. The topological polar surface area (TPSA) is 36.3 Å². The van der Waals surface area contributed by atoms with Gasteiger partial charge in [-0.1, -0.05) is 19.9 Å². The van der Waals surface area contributed by atoms with Crippen LogP contribution in [0.1, 0.15) is 38.3 Å². The molecular formula is C15H22N2O. The number of hydrogen-bond acceptors (Lipinski definition) is 3. The molecule has 0 spiro atoms. The molecule has 0 radical (unpaired) electrons. The molecule has 1 unspecified atom stereocenters. The molecule has 0 aromatic heterocycles. The van der Waals surface area contributed by atoms with Crippen LogP contribution in [0, 0.1) is 11.3 Å². The minimum atomic E-state index is 0.566. The molecule has 98 valence electrons. The van der Waals surface area contributed by atoms with Crippen molar-refractivity contribution < 1.29 is 4.74 Å². The fourth-order valence-corrected chi connectivity index (χ4v) is 2.00. The van der Waals surface area contributed by atoms with Crippen LogP contribution >= 0.6 is 0 Å². The molecule has 3 nitrogen and oxygen atoms in total. The Kier molecular flexibility index (Phi) is 5.67. The van der Waals surface area contributed by atoms with Gasteiger partial charge in [0.25, 0.3) is 0 Å². The van der Waals surface area contributed by atoms with E-state index in [2.05, 4.69) is 31.7 Å². The summed E-state index contributed by atoms with van der Waals surface area (Å²) in [6, 6.07) is 8.50. The lowest BCUT2D eigenvalue weighted by Gasteiger charge is -2.27. The molecule has 0 aliphatic carbocycles. The van der Waals surface area contributed by atoms with Gasteiger partial charge in [0, 0.05) is 12.6 Å². The normalized spacial score (nSPS) is 12.2. The van der Waals surface area contributed by atoms with Crippen molar-refractivity contribution in [2.45, 2.75) is 39.8 Å². The van der Waals surface area contributed by atoms with E-state index in [1.807, 2.05) is 18.2 Å². The van der Waals surface area contributed by atoms with Crippen LogP contribution in [0.15, 0.2) is 18.2 Å². The van der Waals surface area contributed by atoms with E-state index in [1.165, 1.54) is 5.56 Å². The SMILES string of the molecule is CCC(C)N(CC)Cc1ccc(C#N)c(OC)c1. The van der Waals surface area contributed by atoms with Crippen molar-refractivity contribution >= 4 is 0 Å². The molecule has 0 bridgehead atoms. The van der Waals surface area contributed by atoms with E-state index in [9.17, 15) is 0 Å². The molecule has 1 rings (SSSR count). The quantitative estimate of drug-likeness (QED) is 0.773. The van der Waals surface area contributed by atoms with Gasteiger partial charge in [-0.3, -0.25) is 4.90 Å². The van der Waals surface area contributed by atoms with E-state index in [-0.39, 0.29) is 0 Å². The molecule has 0 N–H and O–H groups in total. The molecule has 0 fully saturated rings. The van der Waals surface area contributed by atoms with Gasteiger partial charge in [0.05, 0.1) is 12.7 Å². The second kappa shape index (κ2) is 7.03. The molecule has 1 aromatic carbocycles. The highest BCUT2D eigenvalue weighted by atomic mass is 16.5. The van der Waals surface area contributed by atoms with Gasteiger partial charge in [-0.2, -0.15) is 5.26 Å². The maximum absolute atomic E-state index is 8.95. The number of rotatable bonds is 6. The summed E-state index contributed by atoms with van der Waals surface area (Å²) in [6.45, 7) is 8.54. The van der Waals surface area contributed by atoms with E-state index < -0.39 is 0 Å². The highest BCUT2D eigenvalue weighted by Gasteiger charge is 2.11. The van der Waals surface area contributed by atoms with Crippen molar-refractivity contribution in [3.05, 3.63) is 29.3 Å². The van der Waals surface area contributed by atoms with Crippen LogP contribution in [0.4, 0.5) is 0 Å². The fraction of sp³-hybridized carbons (Fsp3) is 0.533. The maximum Gasteiger partial charge on any atom is 0.136 e. The summed E-state index contributed by atoms with van der Waals surface area (Å²) in [5.74, 6) is 0.662. The smallest absolute Gasteiger partial charge is 0.136 e. The molecule has 1 atom stereocenters. The highest BCUT2D eigenvalue weighted by Crippen LogP contribution is 2.21. The van der Waals surface area contributed by atoms with Crippen LogP contribution in [0.3, 0.4) is 0 Å². The third-order valence-corrected chi connectivity index (χ3v) is 3.39. The van der Waals surface area contributed by atoms with Crippen molar-refractivity contribution in [2.24, 2.45) is 0 Å². The van der Waals surface area contributed by atoms with Crippen LogP contribution in [-0.4, -0.2) is 24.6 Å². The van der Waals surface area contributed by atoms with Crippen molar-refractivity contribution in [3.63, 3.8) is 0 Å². The summed E-state index contributed by atoms with van der Waals surface area (Å²) >= 11 is 0. The van der Waals surface area contributed by atoms with Crippen molar-refractivity contribution in [1.29, 1.82) is 5.26 Å². The van der Waals surface area contributed by atoms with Crippen LogP contribution in [0.2, 0.25) is 0 Å². The Morgan fingerprint density at radius 1 is 1.39 bits per heavy atom. The number of nitrogens with zero attached hydrogens (tertiary/aromatic N) is 2. The van der Waals surface area contributed by atoms with Gasteiger partial charge in [0.15, 0.2) is 0 Å². The lowest BCUT2D eigenvalue weighted by molar-refractivity contribution is 0.206. The number of methoxy groups -OCH3 is 1. The Labute approximate surface area is 110 Å². The van der Waals surface area contributed by atoms with Crippen LogP contribution in [0.25, 0.3) is 0 Å². The average molecular weight is 246 g/mol.